The molecule has 0 N–H and O–H groups in total. The van der Waals surface area contributed by atoms with Gasteiger partial charge in [-0.2, -0.15) is 0 Å². The zero-order valence-corrected chi connectivity index (χ0v) is 10.2. The molecule has 82 valence electrons. The zero-order valence-electron chi connectivity index (χ0n) is 10.2. The van der Waals surface area contributed by atoms with Gasteiger partial charge in [-0.25, -0.2) is 0 Å². The van der Waals surface area contributed by atoms with Gasteiger partial charge in [0, 0.05) is 5.92 Å². The van der Waals surface area contributed by atoms with Crippen LogP contribution in [0.3, 0.4) is 0 Å². The van der Waals surface area contributed by atoms with Crippen molar-refractivity contribution in [3.63, 3.8) is 0 Å². The fourth-order valence-electron chi connectivity index (χ4n) is 2.19. The summed E-state index contributed by atoms with van der Waals surface area (Å²) in [5, 5.41) is 0. The molecular weight excluding hydrogens is 192 g/mol. The monoisotopic (exact) mass is 210 g/mol. The van der Waals surface area contributed by atoms with Crippen LogP contribution < -0.4 is 0 Å². The van der Waals surface area contributed by atoms with E-state index in [9.17, 15) is 0 Å². The Balaban J connectivity index is 2.37. The largest absolute Gasteiger partial charge is 0.0622 e. The lowest BCUT2D eigenvalue weighted by Gasteiger charge is -2.14. The van der Waals surface area contributed by atoms with Gasteiger partial charge in [-0.15, -0.1) is 0 Å². The van der Waals surface area contributed by atoms with Crippen LogP contribution in [0.1, 0.15) is 35.1 Å². The summed E-state index contributed by atoms with van der Waals surface area (Å²) in [5.74, 6) is 0.472. The van der Waals surface area contributed by atoms with Crippen LogP contribution in [0.25, 0.3) is 0 Å². The molecule has 0 aliphatic carbocycles. The first-order valence-corrected chi connectivity index (χ1v) is 5.80. The van der Waals surface area contributed by atoms with Gasteiger partial charge in [0.15, 0.2) is 0 Å². The molecule has 0 saturated carbocycles. The van der Waals surface area contributed by atoms with E-state index in [1.54, 1.807) is 0 Å². The molecule has 0 bridgehead atoms. The van der Waals surface area contributed by atoms with Gasteiger partial charge in [-0.1, -0.05) is 66.6 Å². The zero-order chi connectivity index (χ0) is 11.5. The fraction of sp³-hybridized carbons (Fsp3) is 0.250. The Morgan fingerprint density at radius 1 is 0.750 bits per heavy atom. The third kappa shape index (κ3) is 2.33. The van der Waals surface area contributed by atoms with E-state index in [1.807, 2.05) is 0 Å². The summed E-state index contributed by atoms with van der Waals surface area (Å²) < 4.78 is 0. The molecule has 0 amide bonds. The molecule has 0 fully saturated rings. The second-order valence-electron chi connectivity index (χ2n) is 4.55. The summed E-state index contributed by atoms with van der Waals surface area (Å²) in [4.78, 5) is 0. The molecule has 16 heavy (non-hydrogen) atoms. The van der Waals surface area contributed by atoms with Crippen LogP contribution >= 0.6 is 0 Å². The Hall–Kier alpha value is -1.56. The SMILES string of the molecule is Cc1cc(C)cc(C(C)c2ccccc2)c1. The van der Waals surface area contributed by atoms with E-state index in [0.29, 0.717) is 5.92 Å². The molecule has 0 heteroatoms. The van der Waals surface area contributed by atoms with Crippen LogP contribution in [0.4, 0.5) is 0 Å². The average Bonchev–Trinajstić information content (AvgIpc) is 2.28. The van der Waals surface area contributed by atoms with E-state index in [4.69, 9.17) is 0 Å². The lowest BCUT2D eigenvalue weighted by molar-refractivity contribution is 0.917. The first-order valence-electron chi connectivity index (χ1n) is 5.80. The highest BCUT2D eigenvalue weighted by molar-refractivity contribution is 5.36. The third-order valence-corrected chi connectivity index (χ3v) is 3.04. The molecule has 0 spiro atoms. The van der Waals surface area contributed by atoms with Crippen molar-refractivity contribution in [2.24, 2.45) is 0 Å². The predicted octanol–water partition coefficient (Wildman–Crippen LogP) is 4.46. The maximum Gasteiger partial charge on any atom is 0.00612 e. The molecule has 0 nitrogen and oxygen atoms in total. The van der Waals surface area contributed by atoms with Crippen LogP contribution in [0.15, 0.2) is 48.5 Å². The van der Waals surface area contributed by atoms with Crippen LogP contribution in [-0.2, 0) is 0 Å². The third-order valence-electron chi connectivity index (χ3n) is 3.04. The first-order chi connectivity index (χ1) is 7.66. The Labute approximate surface area is 97.9 Å². The second kappa shape index (κ2) is 4.52. The van der Waals surface area contributed by atoms with Crippen molar-refractivity contribution in [3.8, 4) is 0 Å². The number of aryl methyl sites for hydroxylation is 2. The summed E-state index contributed by atoms with van der Waals surface area (Å²) in [6, 6.07) is 17.5. The highest BCUT2D eigenvalue weighted by Crippen LogP contribution is 2.25. The smallest absolute Gasteiger partial charge is 0.00612 e. The quantitative estimate of drug-likeness (QED) is 0.686. The normalized spacial score (nSPS) is 12.4. The van der Waals surface area contributed by atoms with Crippen LogP contribution in [0.2, 0.25) is 0 Å². The average molecular weight is 210 g/mol. The van der Waals surface area contributed by atoms with Crippen molar-refractivity contribution >= 4 is 0 Å². The maximum absolute atomic E-state index is 2.28. The van der Waals surface area contributed by atoms with Gasteiger partial charge in [-0.05, 0) is 25.0 Å². The number of benzene rings is 2. The van der Waals surface area contributed by atoms with E-state index in [1.165, 1.54) is 22.3 Å². The fourth-order valence-corrected chi connectivity index (χ4v) is 2.19. The number of hydrogen-bond acceptors (Lipinski definition) is 0. The Bertz CT molecular complexity index is 448. The van der Waals surface area contributed by atoms with Gasteiger partial charge < -0.3 is 0 Å². The van der Waals surface area contributed by atoms with Crippen molar-refractivity contribution in [1.29, 1.82) is 0 Å². The molecule has 1 unspecified atom stereocenters. The standard InChI is InChI=1S/C16H18/c1-12-9-13(2)11-16(10-12)14(3)15-7-5-4-6-8-15/h4-11,14H,1-3H3. The highest BCUT2D eigenvalue weighted by atomic mass is 14.1. The van der Waals surface area contributed by atoms with E-state index in [-0.39, 0.29) is 0 Å². The minimum Gasteiger partial charge on any atom is -0.0622 e. The number of rotatable bonds is 2. The van der Waals surface area contributed by atoms with Gasteiger partial charge >= 0.3 is 0 Å². The van der Waals surface area contributed by atoms with Gasteiger partial charge in [0.2, 0.25) is 0 Å². The molecule has 0 radical (unpaired) electrons. The van der Waals surface area contributed by atoms with Crippen LogP contribution in [-0.4, -0.2) is 0 Å². The second-order valence-corrected chi connectivity index (χ2v) is 4.55. The minimum absolute atomic E-state index is 0.472. The first kappa shape index (κ1) is 10.9. The topological polar surface area (TPSA) is 0 Å². The van der Waals surface area contributed by atoms with Crippen molar-refractivity contribution < 1.29 is 0 Å². The molecule has 0 aliphatic rings. The molecule has 2 aromatic rings. The lowest BCUT2D eigenvalue weighted by Crippen LogP contribution is -1.96. The minimum atomic E-state index is 0.472. The summed E-state index contributed by atoms with van der Waals surface area (Å²) in [5.41, 5.74) is 5.48. The molecule has 0 heterocycles. The molecule has 0 aromatic heterocycles. The van der Waals surface area contributed by atoms with Gasteiger partial charge in [0.05, 0.1) is 0 Å². The Kier molecular flexibility index (Phi) is 3.09. The van der Waals surface area contributed by atoms with Crippen molar-refractivity contribution in [1.82, 2.24) is 0 Å². The van der Waals surface area contributed by atoms with Crippen LogP contribution in [0, 0.1) is 13.8 Å². The Morgan fingerprint density at radius 2 is 1.31 bits per heavy atom. The van der Waals surface area contributed by atoms with Crippen molar-refractivity contribution in [2.75, 3.05) is 0 Å². The molecule has 0 saturated heterocycles. The van der Waals surface area contributed by atoms with Crippen LogP contribution in [0.5, 0.6) is 0 Å². The Morgan fingerprint density at radius 3 is 1.88 bits per heavy atom. The van der Waals surface area contributed by atoms with E-state index < -0.39 is 0 Å². The number of hydrogen-bond donors (Lipinski definition) is 0. The lowest BCUT2D eigenvalue weighted by atomic mass is 9.91. The van der Waals surface area contributed by atoms with E-state index in [2.05, 4.69) is 69.3 Å². The predicted molar refractivity (Wildman–Crippen MR) is 69.9 cm³/mol. The molecule has 2 aromatic carbocycles. The summed E-state index contributed by atoms with van der Waals surface area (Å²) in [7, 11) is 0. The van der Waals surface area contributed by atoms with Gasteiger partial charge in [0.25, 0.3) is 0 Å². The van der Waals surface area contributed by atoms with Gasteiger partial charge in [0.1, 0.15) is 0 Å². The van der Waals surface area contributed by atoms with Crippen molar-refractivity contribution in [3.05, 3.63) is 70.8 Å². The molecular formula is C16H18. The summed E-state index contributed by atoms with van der Waals surface area (Å²) in [6.07, 6.45) is 0. The molecule has 2 rings (SSSR count). The van der Waals surface area contributed by atoms with Crippen molar-refractivity contribution in [2.45, 2.75) is 26.7 Å². The molecule has 1 atom stereocenters. The summed E-state index contributed by atoms with van der Waals surface area (Å²) in [6.45, 7) is 6.59. The van der Waals surface area contributed by atoms with E-state index >= 15 is 0 Å². The molecule has 0 aliphatic heterocycles. The maximum atomic E-state index is 2.28. The summed E-state index contributed by atoms with van der Waals surface area (Å²) >= 11 is 0. The van der Waals surface area contributed by atoms with E-state index in [0.717, 1.165) is 0 Å². The van der Waals surface area contributed by atoms with Gasteiger partial charge in [-0.3, -0.25) is 0 Å². The highest BCUT2D eigenvalue weighted by Gasteiger charge is 2.08.